The monoisotopic (exact) mass is 1710 g/mol. The van der Waals surface area contributed by atoms with Crippen LogP contribution < -0.4 is 53.0 Å². The van der Waals surface area contributed by atoms with Crippen molar-refractivity contribution in [1.82, 2.24) is 66.5 Å². The molecule has 13 N–H and O–H groups in total. The van der Waals surface area contributed by atoms with Gasteiger partial charge in [-0.25, -0.2) is 24.3 Å². The largest absolute Gasteiger partial charge is 0.488 e. The van der Waals surface area contributed by atoms with Gasteiger partial charge in [-0.15, -0.1) is 0 Å². The number of hydrogen-bond donors (Lipinski definition) is 12. The molecule has 8 atom stereocenters. The predicted molar refractivity (Wildman–Crippen MR) is 472 cm³/mol. The molecule has 31 heteroatoms. The van der Waals surface area contributed by atoms with E-state index in [2.05, 4.69) is 47.5 Å². The third-order valence-electron chi connectivity index (χ3n) is 20.6. The van der Waals surface area contributed by atoms with Gasteiger partial charge in [0, 0.05) is 73.5 Å². The number of carbonyl (C=O) groups excluding carboxylic acids is 10. The molecule has 0 saturated carbocycles. The Morgan fingerprint density at radius 1 is 0.536 bits per heavy atom. The van der Waals surface area contributed by atoms with Gasteiger partial charge in [-0.1, -0.05) is 153 Å². The quantitative estimate of drug-likeness (QED) is 0.00751. The molecule has 125 heavy (non-hydrogen) atoms. The van der Waals surface area contributed by atoms with Crippen LogP contribution in [0.5, 0.6) is 5.75 Å². The van der Waals surface area contributed by atoms with Crippen molar-refractivity contribution < 1.29 is 76.8 Å². The van der Waals surface area contributed by atoms with Gasteiger partial charge in [-0.05, 0) is 172 Å². The number of benzene rings is 6. The highest BCUT2D eigenvalue weighted by Gasteiger charge is 2.46. The Hall–Kier alpha value is -13.2. The number of carbonyl (C=O) groups is 11. The molecule has 0 radical (unpaired) electrons. The molecule has 1 aliphatic heterocycles. The predicted octanol–water partition coefficient (Wildman–Crippen LogP) is 9.92. The number of carboxylic acids is 1. The van der Waals surface area contributed by atoms with E-state index in [4.69, 9.17) is 35.1 Å². The van der Waals surface area contributed by atoms with Gasteiger partial charge in [0.2, 0.25) is 47.3 Å². The molecule has 3 aromatic heterocycles. The number of guanidine groups is 1. The molecular weight excluding hydrogens is 1600 g/mol. The second kappa shape index (κ2) is 40.9. The lowest BCUT2D eigenvalue weighted by molar-refractivity contribution is -0.142. The first-order chi connectivity index (χ1) is 59.0. The minimum absolute atomic E-state index is 0.0191. The molecule has 1 aliphatic rings. The highest BCUT2D eigenvalue weighted by Crippen LogP contribution is 2.41. The number of carboxylic acid groups (broad SMARTS) is 1. The van der Waals surface area contributed by atoms with Gasteiger partial charge < -0.3 is 81.9 Å². The first-order valence-corrected chi connectivity index (χ1v) is 42.0. The lowest BCUT2D eigenvalue weighted by Crippen LogP contribution is -2.62. The van der Waals surface area contributed by atoms with Crippen molar-refractivity contribution in [2.75, 3.05) is 13.2 Å². The molecule has 9 amide bonds. The topological polar surface area (TPSA) is 433 Å². The van der Waals surface area contributed by atoms with Crippen molar-refractivity contribution in [3.05, 3.63) is 228 Å². The Balaban J connectivity index is 1.05. The number of ether oxygens (including phenoxy) is 4. The maximum Gasteiger partial charge on any atom is 0.419 e. The summed E-state index contributed by atoms with van der Waals surface area (Å²) in [5, 5.41) is 41.3. The second-order valence-electron chi connectivity index (χ2n) is 35.7. The Morgan fingerprint density at radius 2 is 1.02 bits per heavy atom. The van der Waals surface area contributed by atoms with Crippen molar-refractivity contribution in [2.24, 2.45) is 11.7 Å². The van der Waals surface area contributed by atoms with E-state index in [9.17, 15) is 29.1 Å². The molecule has 0 bridgehead atoms. The van der Waals surface area contributed by atoms with Crippen LogP contribution in [0.1, 0.15) is 168 Å². The van der Waals surface area contributed by atoms with Gasteiger partial charge in [-0.3, -0.25) is 48.3 Å². The number of aliphatic carboxylic acids is 1. The van der Waals surface area contributed by atoms with E-state index >= 15 is 28.8 Å². The minimum atomic E-state index is -1.76. The number of nitrogens with two attached hydrogens (primary N) is 1. The lowest BCUT2D eigenvalue weighted by atomic mass is 9.77. The first-order valence-electron chi connectivity index (χ1n) is 42.0. The average Bonchev–Trinajstić information content (AvgIpc) is 1.73. The van der Waals surface area contributed by atoms with Crippen molar-refractivity contribution in [1.29, 1.82) is 5.41 Å². The summed E-state index contributed by atoms with van der Waals surface area (Å²) in [4.78, 5) is 172. The number of rotatable bonds is 36. The van der Waals surface area contributed by atoms with E-state index in [1.807, 2.05) is 135 Å². The minimum Gasteiger partial charge on any atom is -0.488 e. The lowest BCUT2D eigenvalue weighted by Gasteiger charge is -2.37. The van der Waals surface area contributed by atoms with E-state index in [0.717, 1.165) is 21.6 Å². The summed E-state index contributed by atoms with van der Waals surface area (Å²) in [6.07, 6.45) is 3.10. The Kier molecular flexibility index (Phi) is 30.8. The molecule has 10 rings (SSSR count). The molecule has 6 aromatic carbocycles. The highest BCUT2D eigenvalue weighted by molar-refractivity contribution is 6.03. The summed E-state index contributed by atoms with van der Waals surface area (Å²) in [6.45, 7) is 23.8. The summed E-state index contributed by atoms with van der Waals surface area (Å²) in [7, 11) is 0. The number of nitrogens with one attached hydrogen (secondary N) is 10. The molecule has 0 aliphatic carbocycles. The van der Waals surface area contributed by atoms with Crippen molar-refractivity contribution >= 4 is 93.2 Å². The van der Waals surface area contributed by atoms with Gasteiger partial charge in [0.05, 0.1) is 29.7 Å². The van der Waals surface area contributed by atoms with E-state index in [0.29, 0.717) is 44.2 Å². The second-order valence-corrected chi connectivity index (χ2v) is 35.7. The van der Waals surface area contributed by atoms with Crippen LogP contribution in [0.25, 0.3) is 21.8 Å². The van der Waals surface area contributed by atoms with Crippen molar-refractivity contribution in [3.63, 3.8) is 0 Å². The number of para-hydroxylation sites is 2. The molecule has 1 fully saturated rings. The zero-order valence-corrected chi connectivity index (χ0v) is 73.3. The van der Waals surface area contributed by atoms with Crippen LogP contribution in [0.4, 0.5) is 9.59 Å². The Labute approximate surface area is 727 Å². The van der Waals surface area contributed by atoms with Crippen LogP contribution >= 0.6 is 0 Å². The van der Waals surface area contributed by atoms with E-state index in [1.54, 1.807) is 149 Å². The number of imide groups is 1. The van der Waals surface area contributed by atoms with Gasteiger partial charge in [0.25, 0.3) is 0 Å². The smallest absolute Gasteiger partial charge is 0.419 e. The van der Waals surface area contributed by atoms with E-state index in [1.165, 1.54) is 10.8 Å². The zero-order chi connectivity index (χ0) is 90.9. The standard InChI is InChI=1S/C94H117N15O16/c1-57(2)47-70(79(111)100-69(86(118)119)38-28-46-97-87(95)96)101-81(113)72(49-59-52-98-68-37-26-24-35-66(59)68)103-80(112)71(48-58-40-42-65(43-41-58)123-91(6,7)8)102-84(116)75(55-122-90(3,4)5)106-82(114)73(50-60-53-108(88(120)124-92(9,10)11)76-39-27-25-36-67(60)76)104-83(115)74(105-85(117)77-44-45-78(110)109(77)89(121)125-93(12,13)14)51-64-54-107(56-99-64)94(61-29-18-15-19-30-61,62-31-20-16-21-32-62)63-33-22-17-23-34-63/h15-27,29-37,39-43,52-54,56-57,69-75,77,98H,28,38,44-51,55H2,1-14H3,(H,100,111)(H,101,113)(H,102,116)(H,103,112)(H,104,115)(H,105,117)(H,106,114)(H,118,119)(H4,95,96,97)/t69-,70-,71-,72+,73-,74-,75-,77-/m0/s1. The van der Waals surface area contributed by atoms with Crippen LogP contribution in [0.15, 0.2) is 189 Å². The Bertz CT molecular complexity index is 5210. The molecule has 1 saturated heterocycles. The molecule has 31 nitrogen and oxygen atoms in total. The van der Waals surface area contributed by atoms with Crippen LogP contribution in [-0.2, 0) is 88.6 Å². The average molecular weight is 1710 g/mol. The van der Waals surface area contributed by atoms with Crippen molar-refractivity contribution in [3.8, 4) is 5.75 Å². The van der Waals surface area contributed by atoms with Gasteiger partial charge in [0.1, 0.15) is 76.4 Å². The van der Waals surface area contributed by atoms with Crippen LogP contribution in [-0.4, -0.2) is 184 Å². The summed E-state index contributed by atoms with van der Waals surface area (Å²) in [6, 6.07) is 37.4. The fourth-order valence-electron chi connectivity index (χ4n) is 15.0. The molecule has 9 aromatic rings. The Morgan fingerprint density at radius 3 is 1.55 bits per heavy atom. The molecule has 0 spiro atoms. The fourth-order valence-corrected chi connectivity index (χ4v) is 15.0. The third-order valence-corrected chi connectivity index (χ3v) is 20.6. The molecule has 4 heterocycles. The summed E-state index contributed by atoms with van der Waals surface area (Å²) in [5.41, 5.74) is 5.79. The maximum absolute atomic E-state index is 16.2. The number of amides is 9. The summed E-state index contributed by atoms with van der Waals surface area (Å²) in [5.74, 6) is -8.70. The number of fused-ring (bicyclic) bond motifs is 2. The SMILES string of the molecule is CC(C)C[C@H](NC(=O)[C@@H](Cc1c[nH]c2ccccc12)NC(=O)[C@H](Cc1ccc(OC(C)(C)C)cc1)NC(=O)[C@H](COC(C)(C)C)NC(=O)[C@H](Cc1cn(C(=O)OC(C)(C)C)c2ccccc12)NC(=O)[C@H](Cc1cn(C(c2ccccc2)(c2ccccc2)c2ccccc2)cn1)NC(=O)[C@@H]1CCC(=O)N1C(=O)OC(C)(C)C)C(=O)N[C@@H](CCCNC(=N)N)C(=O)O. The molecule has 0 unspecified atom stereocenters. The first kappa shape index (κ1) is 94.1. The zero-order valence-electron chi connectivity index (χ0n) is 73.3. The normalized spacial score (nSPS) is 14.9. The van der Waals surface area contributed by atoms with E-state index < -0.39 is 161 Å². The van der Waals surface area contributed by atoms with Gasteiger partial charge >= 0.3 is 18.2 Å². The van der Waals surface area contributed by atoms with Crippen LogP contribution in [0, 0.1) is 11.3 Å². The number of aromatic nitrogens is 4. The summed E-state index contributed by atoms with van der Waals surface area (Å²) >= 11 is 0. The molecule has 664 valence electrons. The number of likely N-dealkylation sites (tertiary alicyclic amines) is 1. The maximum atomic E-state index is 16.2. The highest BCUT2D eigenvalue weighted by atomic mass is 16.6. The number of nitrogens with zero attached hydrogens (tertiary/aromatic N) is 4. The van der Waals surface area contributed by atoms with Crippen LogP contribution in [0.2, 0.25) is 0 Å². The number of imidazole rings is 1. The molecular formula is C94H117N15O16. The fraction of sp³-hybridized carbons (Fsp3) is 0.415. The van der Waals surface area contributed by atoms with Gasteiger partial charge in [0.15, 0.2) is 5.96 Å². The number of aromatic amines is 1. The number of hydrogen-bond acceptors (Lipinski definition) is 17. The van der Waals surface area contributed by atoms with E-state index in [-0.39, 0.29) is 69.1 Å². The number of H-pyrrole nitrogens is 1. The third kappa shape index (κ3) is 25.7. The summed E-state index contributed by atoms with van der Waals surface area (Å²) < 4.78 is 27.2. The van der Waals surface area contributed by atoms with Crippen molar-refractivity contribution in [2.45, 2.75) is 231 Å². The van der Waals surface area contributed by atoms with Gasteiger partial charge in [-0.2, -0.15) is 0 Å². The van der Waals surface area contributed by atoms with Crippen LogP contribution in [0.3, 0.4) is 0 Å².